The summed E-state index contributed by atoms with van der Waals surface area (Å²) < 4.78 is 4.85. The maximum absolute atomic E-state index is 12.1. The number of nitrogens with zero attached hydrogens (tertiary/aromatic N) is 2. The lowest BCUT2D eigenvalue weighted by molar-refractivity contribution is 0.0519. The summed E-state index contributed by atoms with van der Waals surface area (Å²) in [7, 11) is 0. The van der Waals surface area contributed by atoms with Crippen LogP contribution in [0.5, 0.6) is 0 Å². The normalized spacial score (nSPS) is 10.0. The fourth-order valence-corrected chi connectivity index (χ4v) is 1.66. The van der Waals surface area contributed by atoms with Gasteiger partial charge in [0.2, 0.25) is 0 Å². The second kappa shape index (κ2) is 6.60. The van der Waals surface area contributed by atoms with Crippen molar-refractivity contribution in [3.63, 3.8) is 0 Å². The molecule has 0 bridgehead atoms. The van der Waals surface area contributed by atoms with Crippen LogP contribution in [0.2, 0.25) is 0 Å². The summed E-state index contributed by atoms with van der Waals surface area (Å²) in [5.41, 5.74) is 1.21. The lowest BCUT2D eigenvalue weighted by Gasteiger charge is -2.06. The van der Waals surface area contributed by atoms with E-state index < -0.39 is 11.9 Å². The Balaban J connectivity index is 2.16. The molecule has 2 aromatic rings. The average molecular weight is 285 g/mol. The van der Waals surface area contributed by atoms with Crippen molar-refractivity contribution >= 4 is 17.7 Å². The first-order valence-corrected chi connectivity index (χ1v) is 6.48. The number of rotatable bonds is 4. The van der Waals surface area contributed by atoms with Crippen LogP contribution in [0.4, 0.5) is 5.82 Å². The first-order valence-electron chi connectivity index (χ1n) is 6.48. The van der Waals surface area contributed by atoms with Crippen molar-refractivity contribution in [1.29, 1.82) is 0 Å². The largest absolute Gasteiger partial charge is 0.461 e. The summed E-state index contributed by atoms with van der Waals surface area (Å²) in [6.07, 6.45) is 1.60. The van der Waals surface area contributed by atoms with E-state index in [1.54, 1.807) is 25.3 Å². The molecule has 0 radical (unpaired) electrons. The van der Waals surface area contributed by atoms with Crippen LogP contribution >= 0.6 is 0 Å². The summed E-state index contributed by atoms with van der Waals surface area (Å²) in [6.45, 7) is 3.86. The Labute approximate surface area is 122 Å². The molecular formula is C15H15N3O3. The summed E-state index contributed by atoms with van der Waals surface area (Å²) in [6, 6.07) is 8.17. The van der Waals surface area contributed by atoms with Crippen LogP contribution in [0.1, 0.15) is 33.5 Å². The van der Waals surface area contributed by atoms with Gasteiger partial charge in [0.1, 0.15) is 17.2 Å². The van der Waals surface area contributed by atoms with Gasteiger partial charge in [-0.15, -0.1) is 0 Å². The minimum atomic E-state index is -0.555. The van der Waals surface area contributed by atoms with Gasteiger partial charge in [0.15, 0.2) is 0 Å². The summed E-state index contributed by atoms with van der Waals surface area (Å²) in [5.74, 6) is -0.552. The highest BCUT2D eigenvalue weighted by atomic mass is 16.5. The van der Waals surface area contributed by atoms with Gasteiger partial charge >= 0.3 is 5.97 Å². The van der Waals surface area contributed by atoms with Crippen molar-refractivity contribution < 1.29 is 14.3 Å². The fraction of sp³-hybridized carbons (Fsp3) is 0.200. The van der Waals surface area contributed by atoms with E-state index in [1.165, 1.54) is 12.1 Å². The number of pyridine rings is 2. The minimum absolute atomic E-state index is 0.0988. The molecule has 0 aliphatic carbocycles. The maximum Gasteiger partial charge on any atom is 0.356 e. The molecule has 0 unspecified atom stereocenters. The van der Waals surface area contributed by atoms with Crippen molar-refractivity contribution in [3.05, 3.63) is 53.5 Å². The van der Waals surface area contributed by atoms with E-state index in [0.717, 1.165) is 5.56 Å². The predicted octanol–water partition coefficient (Wildman–Crippen LogP) is 2.21. The van der Waals surface area contributed by atoms with Crippen LogP contribution in [0.25, 0.3) is 0 Å². The Morgan fingerprint density at radius 2 is 2.00 bits per heavy atom. The topological polar surface area (TPSA) is 81.2 Å². The summed E-state index contributed by atoms with van der Waals surface area (Å²) in [5, 5.41) is 2.63. The van der Waals surface area contributed by atoms with Gasteiger partial charge in [-0.25, -0.2) is 14.8 Å². The Morgan fingerprint density at radius 3 is 2.71 bits per heavy atom. The maximum atomic E-state index is 12.1. The first kappa shape index (κ1) is 14.6. The monoisotopic (exact) mass is 285 g/mol. The molecule has 0 aliphatic rings. The number of hydrogen-bond acceptors (Lipinski definition) is 5. The Kier molecular flexibility index (Phi) is 4.61. The number of carbonyl (C=O) groups is 2. The van der Waals surface area contributed by atoms with E-state index in [-0.39, 0.29) is 18.0 Å². The van der Waals surface area contributed by atoms with Gasteiger partial charge in [0.05, 0.1) is 6.61 Å². The van der Waals surface area contributed by atoms with Crippen LogP contribution in [0.3, 0.4) is 0 Å². The van der Waals surface area contributed by atoms with Gasteiger partial charge in [-0.3, -0.25) is 4.79 Å². The van der Waals surface area contributed by atoms with Gasteiger partial charge < -0.3 is 10.1 Å². The Morgan fingerprint density at radius 1 is 1.24 bits per heavy atom. The van der Waals surface area contributed by atoms with E-state index in [1.807, 2.05) is 13.0 Å². The number of nitrogens with one attached hydrogen (secondary N) is 1. The van der Waals surface area contributed by atoms with Gasteiger partial charge in [-0.05, 0) is 43.7 Å². The number of carbonyl (C=O) groups excluding carboxylic acids is 2. The van der Waals surface area contributed by atoms with E-state index >= 15 is 0 Å². The van der Waals surface area contributed by atoms with E-state index in [4.69, 9.17) is 4.74 Å². The average Bonchev–Trinajstić information content (AvgIpc) is 2.47. The molecule has 0 fully saturated rings. The molecule has 0 saturated heterocycles. The molecule has 6 nitrogen and oxygen atoms in total. The zero-order chi connectivity index (χ0) is 15.2. The summed E-state index contributed by atoms with van der Waals surface area (Å²) >= 11 is 0. The number of aromatic nitrogens is 2. The lowest BCUT2D eigenvalue weighted by Crippen LogP contribution is -2.17. The second-order valence-electron chi connectivity index (χ2n) is 4.30. The van der Waals surface area contributed by atoms with Crippen LogP contribution < -0.4 is 5.32 Å². The molecule has 1 amide bonds. The van der Waals surface area contributed by atoms with Crippen molar-refractivity contribution in [2.24, 2.45) is 0 Å². The molecule has 2 aromatic heterocycles. The molecule has 0 atom stereocenters. The van der Waals surface area contributed by atoms with E-state index in [9.17, 15) is 9.59 Å². The third-order valence-corrected chi connectivity index (χ3v) is 2.62. The van der Waals surface area contributed by atoms with E-state index in [0.29, 0.717) is 5.82 Å². The quantitative estimate of drug-likeness (QED) is 0.871. The number of hydrogen-bond donors (Lipinski definition) is 1. The van der Waals surface area contributed by atoms with E-state index in [2.05, 4.69) is 15.3 Å². The fourth-order valence-electron chi connectivity index (χ4n) is 1.66. The highest BCUT2D eigenvalue weighted by molar-refractivity contribution is 6.03. The Bertz CT molecular complexity index is 671. The van der Waals surface area contributed by atoms with Crippen LogP contribution in [0.15, 0.2) is 36.5 Å². The SMILES string of the molecule is CCOC(=O)c1cccc(C(=O)Nc2cc(C)ccn2)n1. The van der Waals surface area contributed by atoms with Crippen LogP contribution in [-0.2, 0) is 4.74 Å². The van der Waals surface area contributed by atoms with Gasteiger partial charge in [0, 0.05) is 6.20 Å². The van der Waals surface area contributed by atoms with Crippen molar-refractivity contribution in [2.45, 2.75) is 13.8 Å². The zero-order valence-electron chi connectivity index (χ0n) is 11.8. The van der Waals surface area contributed by atoms with Crippen LogP contribution in [-0.4, -0.2) is 28.5 Å². The Hall–Kier alpha value is -2.76. The highest BCUT2D eigenvalue weighted by Gasteiger charge is 2.13. The number of esters is 1. The molecule has 2 rings (SSSR count). The third-order valence-electron chi connectivity index (χ3n) is 2.62. The molecule has 0 spiro atoms. The van der Waals surface area contributed by atoms with Gasteiger partial charge in [0.25, 0.3) is 5.91 Å². The van der Waals surface area contributed by atoms with Crippen molar-refractivity contribution in [1.82, 2.24) is 9.97 Å². The predicted molar refractivity (Wildman–Crippen MR) is 77.1 cm³/mol. The molecule has 21 heavy (non-hydrogen) atoms. The molecule has 0 saturated carbocycles. The molecule has 0 aliphatic heterocycles. The van der Waals surface area contributed by atoms with Gasteiger partial charge in [-0.1, -0.05) is 6.07 Å². The molecule has 6 heteroatoms. The lowest BCUT2D eigenvalue weighted by atomic mass is 10.2. The zero-order valence-corrected chi connectivity index (χ0v) is 11.8. The number of ether oxygens (including phenoxy) is 1. The smallest absolute Gasteiger partial charge is 0.356 e. The standard InChI is InChI=1S/C15H15N3O3/c1-3-21-15(20)12-6-4-5-11(17-12)14(19)18-13-9-10(2)7-8-16-13/h4-9H,3H2,1-2H3,(H,16,18,19). The van der Waals surface area contributed by atoms with Crippen molar-refractivity contribution in [3.8, 4) is 0 Å². The molecule has 2 heterocycles. The molecule has 1 N–H and O–H groups in total. The number of amides is 1. The molecule has 0 aromatic carbocycles. The first-order chi connectivity index (χ1) is 10.1. The summed E-state index contributed by atoms with van der Waals surface area (Å²) in [4.78, 5) is 31.7. The molecular weight excluding hydrogens is 270 g/mol. The second-order valence-corrected chi connectivity index (χ2v) is 4.30. The van der Waals surface area contributed by atoms with Crippen LogP contribution in [0, 0.1) is 6.92 Å². The van der Waals surface area contributed by atoms with Gasteiger partial charge in [-0.2, -0.15) is 0 Å². The molecule has 108 valence electrons. The minimum Gasteiger partial charge on any atom is -0.461 e. The number of anilines is 1. The number of aryl methyl sites for hydroxylation is 1. The highest BCUT2D eigenvalue weighted by Crippen LogP contribution is 2.08. The van der Waals surface area contributed by atoms with Crippen molar-refractivity contribution in [2.75, 3.05) is 11.9 Å². The third kappa shape index (κ3) is 3.85.